The fourth-order valence-electron chi connectivity index (χ4n) is 3.59. The molecule has 0 aromatic heterocycles. The average Bonchev–Trinajstić information content (AvgIpc) is 2.86. The summed E-state index contributed by atoms with van der Waals surface area (Å²) in [5, 5.41) is 17.0. The van der Waals surface area contributed by atoms with Crippen molar-refractivity contribution in [2.75, 3.05) is 18.5 Å². The van der Waals surface area contributed by atoms with Crippen molar-refractivity contribution in [3.63, 3.8) is 0 Å². The van der Waals surface area contributed by atoms with Crippen molar-refractivity contribution >= 4 is 29.6 Å². The van der Waals surface area contributed by atoms with Crippen molar-refractivity contribution in [3.8, 4) is 0 Å². The van der Waals surface area contributed by atoms with Crippen LogP contribution in [0.3, 0.4) is 0 Å². The standard InChI is InChI=1S/C27H43N3O6/c1-3-5-7-9-10-11-12-14-24(31)30-23(25(32)28-19-13-8-6-4-2)20-36-27(35)29-22-17-15-21(16-18-22)26(33)34/h15-18,23H,3-14,19-20H2,1-2H3,(H,28,32)(H,29,35)(H,30,31)(H,33,34)/t23-/m0/s1. The molecule has 3 amide bonds. The second kappa shape index (κ2) is 19.1. The highest BCUT2D eigenvalue weighted by Crippen LogP contribution is 2.11. The highest BCUT2D eigenvalue weighted by molar-refractivity contribution is 5.90. The van der Waals surface area contributed by atoms with E-state index in [4.69, 9.17) is 9.84 Å². The summed E-state index contributed by atoms with van der Waals surface area (Å²) in [5.74, 6) is -1.71. The number of anilines is 1. The Hall–Kier alpha value is -3.10. The zero-order chi connectivity index (χ0) is 26.6. The molecule has 36 heavy (non-hydrogen) atoms. The monoisotopic (exact) mass is 505 g/mol. The van der Waals surface area contributed by atoms with Crippen LogP contribution in [0, 0.1) is 0 Å². The van der Waals surface area contributed by atoms with Crippen LogP contribution in [0.1, 0.15) is 101 Å². The maximum absolute atomic E-state index is 12.7. The zero-order valence-corrected chi connectivity index (χ0v) is 21.8. The minimum Gasteiger partial charge on any atom is -0.478 e. The molecule has 1 aromatic rings. The summed E-state index contributed by atoms with van der Waals surface area (Å²) in [6.45, 7) is 4.46. The lowest BCUT2D eigenvalue weighted by Crippen LogP contribution is -2.50. The number of carbonyl (C=O) groups excluding carboxylic acids is 3. The Morgan fingerprint density at radius 3 is 2.03 bits per heavy atom. The van der Waals surface area contributed by atoms with Crippen molar-refractivity contribution in [2.45, 2.75) is 96.9 Å². The van der Waals surface area contributed by atoms with Gasteiger partial charge in [0.2, 0.25) is 11.8 Å². The summed E-state index contributed by atoms with van der Waals surface area (Å²) in [6, 6.07) is 4.60. The molecule has 0 spiro atoms. The number of carboxylic acids is 1. The molecule has 1 rings (SSSR count). The Bertz CT molecular complexity index is 797. The van der Waals surface area contributed by atoms with E-state index in [0.717, 1.165) is 44.9 Å². The Morgan fingerprint density at radius 1 is 0.833 bits per heavy atom. The minimum atomic E-state index is -1.07. The van der Waals surface area contributed by atoms with Gasteiger partial charge in [-0.1, -0.05) is 71.6 Å². The molecule has 0 heterocycles. The highest BCUT2D eigenvalue weighted by Gasteiger charge is 2.22. The molecule has 0 radical (unpaired) electrons. The zero-order valence-electron chi connectivity index (χ0n) is 21.8. The van der Waals surface area contributed by atoms with Crippen LogP contribution in [-0.4, -0.2) is 48.2 Å². The van der Waals surface area contributed by atoms with Crippen molar-refractivity contribution in [3.05, 3.63) is 29.8 Å². The third kappa shape index (κ3) is 14.3. The summed E-state index contributed by atoms with van der Waals surface area (Å²) in [5.41, 5.74) is 0.443. The average molecular weight is 506 g/mol. The first-order chi connectivity index (χ1) is 17.4. The topological polar surface area (TPSA) is 134 Å². The van der Waals surface area contributed by atoms with Crippen molar-refractivity contribution in [1.82, 2.24) is 10.6 Å². The summed E-state index contributed by atoms with van der Waals surface area (Å²) in [7, 11) is 0. The van der Waals surface area contributed by atoms with Crippen LogP contribution >= 0.6 is 0 Å². The maximum Gasteiger partial charge on any atom is 0.411 e. The predicted molar refractivity (Wildman–Crippen MR) is 140 cm³/mol. The van der Waals surface area contributed by atoms with E-state index in [0.29, 0.717) is 18.7 Å². The van der Waals surface area contributed by atoms with Crippen LogP contribution in [0.5, 0.6) is 0 Å². The van der Waals surface area contributed by atoms with Gasteiger partial charge in [-0.3, -0.25) is 14.9 Å². The molecule has 4 N–H and O–H groups in total. The van der Waals surface area contributed by atoms with Crippen LogP contribution in [0.4, 0.5) is 10.5 Å². The Morgan fingerprint density at radius 2 is 1.42 bits per heavy atom. The Labute approximate surface area is 214 Å². The molecule has 0 unspecified atom stereocenters. The number of unbranched alkanes of at least 4 members (excludes halogenated alkanes) is 9. The van der Waals surface area contributed by atoms with Gasteiger partial charge in [0, 0.05) is 18.7 Å². The Balaban J connectivity index is 2.54. The molecule has 9 heteroatoms. The summed E-state index contributed by atoms with van der Waals surface area (Å²) in [6.07, 6.45) is 11.1. The van der Waals surface area contributed by atoms with Crippen LogP contribution in [-0.2, 0) is 14.3 Å². The molecule has 0 aliphatic heterocycles. The number of carboxylic acid groups (broad SMARTS) is 1. The van der Waals surface area contributed by atoms with Gasteiger partial charge in [-0.15, -0.1) is 0 Å². The van der Waals surface area contributed by atoms with Crippen molar-refractivity contribution in [1.29, 1.82) is 0 Å². The van der Waals surface area contributed by atoms with Gasteiger partial charge in [0.15, 0.2) is 0 Å². The van der Waals surface area contributed by atoms with Crippen molar-refractivity contribution in [2.24, 2.45) is 0 Å². The number of hydrogen-bond acceptors (Lipinski definition) is 5. The molecular formula is C27H43N3O6. The lowest BCUT2D eigenvalue weighted by molar-refractivity contribution is -0.130. The SMILES string of the molecule is CCCCCCCCCC(=O)N[C@@H](COC(=O)Nc1ccc(C(=O)O)cc1)C(=O)NCCCCCC. The third-order valence-electron chi connectivity index (χ3n) is 5.75. The van der Waals surface area contributed by atoms with E-state index in [1.54, 1.807) is 0 Å². The smallest absolute Gasteiger partial charge is 0.411 e. The van der Waals surface area contributed by atoms with Gasteiger partial charge in [0.1, 0.15) is 12.6 Å². The van der Waals surface area contributed by atoms with Gasteiger partial charge < -0.3 is 20.5 Å². The fraction of sp³-hybridized carbons (Fsp3) is 0.630. The molecule has 0 saturated heterocycles. The van der Waals surface area contributed by atoms with E-state index in [9.17, 15) is 19.2 Å². The van der Waals surface area contributed by atoms with Gasteiger partial charge in [-0.25, -0.2) is 9.59 Å². The second-order valence-electron chi connectivity index (χ2n) is 8.95. The van der Waals surface area contributed by atoms with E-state index < -0.39 is 24.0 Å². The number of aromatic carboxylic acids is 1. The van der Waals surface area contributed by atoms with E-state index in [1.807, 2.05) is 0 Å². The highest BCUT2D eigenvalue weighted by atomic mass is 16.5. The van der Waals surface area contributed by atoms with Gasteiger partial charge in [0.05, 0.1) is 5.56 Å². The van der Waals surface area contributed by atoms with Gasteiger partial charge >= 0.3 is 12.1 Å². The number of ether oxygens (including phenoxy) is 1. The first kappa shape index (κ1) is 30.9. The summed E-state index contributed by atoms with van der Waals surface area (Å²) in [4.78, 5) is 48.2. The molecule has 0 saturated carbocycles. The van der Waals surface area contributed by atoms with E-state index in [1.165, 1.54) is 49.9 Å². The number of amides is 3. The molecule has 1 atom stereocenters. The van der Waals surface area contributed by atoms with Crippen LogP contribution in [0.15, 0.2) is 24.3 Å². The third-order valence-corrected chi connectivity index (χ3v) is 5.75. The molecule has 202 valence electrons. The van der Waals surface area contributed by atoms with E-state index >= 15 is 0 Å². The number of nitrogens with one attached hydrogen (secondary N) is 3. The Kier molecular flexibility index (Phi) is 16.4. The minimum absolute atomic E-state index is 0.0910. The number of carbonyl (C=O) groups is 4. The summed E-state index contributed by atoms with van der Waals surface area (Å²) < 4.78 is 5.19. The number of benzene rings is 1. The normalized spacial score (nSPS) is 11.4. The maximum atomic E-state index is 12.7. The molecule has 1 aromatic carbocycles. The number of rotatable bonds is 19. The molecule has 0 fully saturated rings. The molecule has 9 nitrogen and oxygen atoms in total. The second-order valence-corrected chi connectivity index (χ2v) is 8.95. The molecule has 0 bridgehead atoms. The quantitative estimate of drug-likeness (QED) is 0.190. The van der Waals surface area contributed by atoms with Gasteiger partial charge in [-0.2, -0.15) is 0 Å². The molecule has 0 aliphatic carbocycles. The largest absolute Gasteiger partial charge is 0.478 e. The first-order valence-electron chi connectivity index (χ1n) is 13.2. The van der Waals surface area contributed by atoms with E-state index in [2.05, 4.69) is 29.8 Å². The van der Waals surface area contributed by atoms with Gasteiger partial charge in [0.25, 0.3) is 0 Å². The molecular weight excluding hydrogens is 462 g/mol. The first-order valence-corrected chi connectivity index (χ1v) is 13.2. The summed E-state index contributed by atoms with van der Waals surface area (Å²) >= 11 is 0. The lowest BCUT2D eigenvalue weighted by Gasteiger charge is -2.19. The van der Waals surface area contributed by atoms with Gasteiger partial charge in [-0.05, 0) is 37.1 Å². The van der Waals surface area contributed by atoms with Crippen LogP contribution in [0.2, 0.25) is 0 Å². The predicted octanol–water partition coefficient (Wildman–Crippen LogP) is 5.26. The fourth-order valence-corrected chi connectivity index (χ4v) is 3.59. The van der Waals surface area contributed by atoms with E-state index in [-0.39, 0.29) is 18.1 Å². The van der Waals surface area contributed by atoms with Crippen LogP contribution in [0.25, 0.3) is 0 Å². The van der Waals surface area contributed by atoms with Crippen molar-refractivity contribution < 1.29 is 29.0 Å². The number of hydrogen-bond donors (Lipinski definition) is 4. The van der Waals surface area contributed by atoms with Crippen LogP contribution < -0.4 is 16.0 Å². The lowest BCUT2D eigenvalue weighted by atomic mass is 10.1. The molecule has 0 aliphatic rings.